The van der Waals surface area contributed by atoms with Gasteiger partial charge in [-0.3, -0.25) is 9.89 Å². The lowest BCUT2D eigenvalue weighted by Crippen LogP contribution is -2.40. The molecule has 0 fully saturated rings. The highest BCUT2D eigenvalue weighted by Gasteiger charge is 2.38. The van der Waals surface area contributed by atoms with Gasteiger partial charge in [0.1, 0.15) is 6.61 Å². The molecule has 4 rings (SSSR count). The number of hydrogen-bond acceptors (Lipinski definition) is 7. The number of aromatic amines is 1. The maximum absolute atomic E-state index is 12.3. The summed E-state index contributed by atoms with van der Waals surface area (Å²) >= 11 is 0. The Balaban J connectivity index is 0.000000339. The number of carboxylic acids is 1. The number of fused-ring (bicyclic) bond motifs is 1. The van der Waals surface area contributed by atoms with Crippen molar-refractivity contribution in [3.05, 3.63) is 49.1 Å². The molecular weight excluding hydrogens is 423 g/mol. The number of nitrogens with one attached hydrogen (secondary N) is 2. The summed E-state index contributed by atoms with van der Waals surface area (Å²) in [5.41, 5.74) is 1.25. The van der Waals surface area contributed by atoms with Crippen LogP contribution in [0.3, 0.4) is 0 Å². The summed E-state index contributed by atoms with van der Waals surface area (Å²) in [6, 6.07) is 7.23. The third-order valence-electron chi connectivity index (χ3n) is 3.72. The van der Waals surface area contributed by atoms with Crippen molar-refractivity contribution < 1.29 is 37.3 Å². The van der Waals surface area contributed by atoms with Gasteiger partial charge in [-0.25, -0.2) is 14.8 Å². The molecule has 162 valence electrons. The Kier molecular flexibility index (Phi) is 6.33. The van der Waals surface area contributed by atoms with E-state index in [2.05, 4.69) is 25.5 Å². The first-order chi connectivity index (χ1) is 14.7. The number of carbonyl (C=O) groups is 2. The number of anilines is 1. The van der Waals surface area contributed by atoms with Crippen molar-refractivity contribution in [1.29, 1.82) is 0 Å². The summed E-state index contributed by atoms with van der Waals surface area (Å²) in [5.74, 6) is -1.37. The van der Waals surface area contributed by atoms with Gasteiger partial charge < -0.3 is 19.9 Å². The third kappa shape index (κ3) is 5.68. The van der Waals surface area contributed by atoms with E-state index >= 15 is 0 Å². The largest absolute Gasteiger partial charge is 0.490 e. The summed E-state index contributed by atoms with van der Waals surface area (Å²) in [7, 11) is 0. The van der Waals surface area contributed by atoms with Gasteiger partial charge in [0.15, 0.2) is 17.3 Å². The highest BCUT2D eigenvalue weighted by molar-refractivity contribution is 5.94. The average molecular weight is 437 g/mol. The van der Waals surface area contributed by atoms with Gasteiger partial charge in [-0.05, 0) is 12.1 Å². The van der Waals surface area contributed by atoms with Crippen molar-refractivity contribution in [2.75, 3.05) is 11.9 Å². The van der Waals surface area contributed by atoms with E-state index in [9.17, 15) is 18.0 Å². The minimum atomic E-state index is -5.08. The van der Waals surface area contributed by atoms with Crippen LogP contribution in [0.25, 0.3) is 11.4 Å². The summed E-state index contributed by atoms with van der Waals surface area (Å²) in [4.78, 5) is 29.6. The number of ether oxygens (including phenoxy) is 2. The molecule has 0 spiro atoms. The molecule has 3 N–H and O–H groups in total. The van der Waals surface area contributed by atoms with Gasteiger partial charge in [-0.2, -0.15) is 18.3 Å². The monoisotopic (exact) mass is 437 g/mol. The predicted octanol–water partition coefficient (Wildman–Crippen LogP) is 2.28. The maximum Gasteiger partial charge on any atom is 0.490 e. The molecule has 1 aliphatic heterocycles. The number of nitrogens with zero attached hydrogens (tertiary/aromatic N) is 3. The second-order valence-electron chi connectivity index (χ2n) is 5.94. The Morgan fingerprint density at radius 1 is 1.13 bits per heavy atom. The molecule has 31 heavy (non-hydrogen) atoms. The van der Waals surface area contributed by atoms with Crippen LogP contribution >= 0.6 is 0 Å². The Morgan fingerprint density at radius 2 is 1.77 bits per heavy atom. The van der Waals surface area contributed by atoms with Gasteiger partial charge >= 0.3 is 12.1 Å². The molecule has 2 aromatic heterocycles. The number of H-pyrrole nitrogens is 1. The van der Waals surface area contributed by atoms with E-state index < -0.39 is 18.2 Å². The molecule has 0 saturated carbocycles. The molecule has 13 heteroatoms. The van der Waals surface area contributed by atoms with Crippen molar-refractivity contribution in [1.82, 2.24) is 20.2 Å². The fourth-order valence-electron chi connectivity index (χ4n) is 2.29. The molecule has 1 atom stereocenters. The zero-order chi connectivity index (χ0) is 22.4. The quantitative estimate of drug-likeness (QED) is 0.567. The third-order valence-corrected chi connectivity index (χ3v) is 3.72. The number of para-hydroxylation sites is 2. The number of aromatic nitrogens is 4. The first-order valence-corrected chi connectivity index (χ1v) is 8.54. The minimum Gasteiger partial charge on any atom is -0.485 e. The predicted molar refractivity (Wildman–Crippen MR) is 98.3 cm³/mol. The van der Waals surface area contributed by atoms with E-state index in [-0.39, 0.29) is 12.5 Å². The lowest BCUT2D eigenvalue weighted by atomic mass is 10.2. The molecule has 1 aliphatic rings. The standard InChI is InChI=1S/C16H13N5O3.C2HF3O2/c22-16(14-9-23-12-3-1-2-4-13(12)24-14)21-11-7-17-15(18-8-11)10-5-19-20-6-10;3-2(4,5)1(6)7/h1-8,14H,9H2,(H,19,20)(H,21,22);(H,6,7). The lowest BCUT2D eigenvalue weighted by Gasteiger charge is -2.25. The van der Waals surface area contributed by atoms with Crippen molar-refractivity contribution in [2.24, 2.45) is 0 Å². The van der Waals surface area contributed by atoms with Gasteiger partial charge in [0.05, 0.1) is 29.8 Å². The molecule has 1 aromatic carbocycles. The number of hydrogen-bond donors (Lipinski definition) is 3. The number of amides is 1. The Bertz CT molecular complexity index is 1040. The maximum atomic E-state index is 12.3. The molecule has 3 heterocycles. The van der Waals surface area contributed by atoms with Crippen molar-refractivity contribution in [3.63, 3.8) is 0 Å². The molecule has 0 aliphatic carbocycles. The van der Waals surface area contributed by atoms with E-state index in [0.29, 0.717) is 23.0 Å². The van der Waals surface area contributed by atoms with Crippen LogP contribution in [-0.2, 0) is 9.59 Å². The first kappa shape index (κ1) is 21.5. The van der Waals surface area contributed by atoms with Crippen LogP contribution in [0, 0.1) is 0 Å². The van der Waals surface area contributed by atoms with Gasteiger partial charge in [0.25, 0.3) is 5.91 Å². The average Bonchev–Trinajstić information content (AvgIpc) is 3.28. The van der Waals surface area contributed by atoms with Crippen molar-refractivity contribution in [2.45, 2.75) is 12.3 Å². The number of benzene rings is 1. The molecular formula is C18H14F3N5O5. The van der Waals surface area contributed by atoms with Gasteiger partial charge in [0, 0.05) is 6.20 Å². The molecule has 0 saturated heterocycles. The number of carboxylic acid groups (broad SMARTS) is 1. The van der Waals surface area contributed by atoms with E-state index in [1.165, 1.54) is 12.4 Å². The fourth-order valence-corrected chi connectivity index (χ4v) is 2.29. The van der Waals surface area contributed by atoms with Gasteiger partial charge in [0.2, 0.25) is 6.10 Å². The van der Waals surface area contributed by atoms with Gasteiger partial charge in [-0.1, -0.05) is 12.1 Å². The second kappa shape index (κ2) is 9.11. The fraction of sp³-hybridized carbons (Fsp3) is 0.167. The van der Waals surface area contributed by atoms with Crippen molar-refractivity contribution in [3.8, 4) is 22.9 Å². The summed E-state index contributed by atoms with van der Waals surface area (Å²) in [6.07, 6.45) is 0.570. The number of alkyl halides is 3. The number of aliphatic carboxylic acids is 1. The minimum absolute atomic E-state index is 0.150. The van der Waals surface area contributed by atoms with E-state index in [1.54, 1.807) is 24.5 Å². The zero-order valence-corrected chi connectivity index (χ0v) is 15.5. The van der Waals surface area contributed by atoms with E-state index in [0.717, 1.165) is 5.56 Å². The van der Waals surface area contributed by atoms with E-state index in [1.807, 2.05) is 12.1 Å². The van der Waals surface area contributed by atoms with Gasteiger partial charge in [-0.15, -0.1) is 0 Å². The molecule has 0 bridgehead atoms. The number of rotatable bonds is 3. The molecule has 10 nitrogen and oxygen atoms in total. The Labute approximate surface area is 172 Å². The topological polar surface area (TPSA) is 139 Å². The van der Waals surface area contributed by atoms with Crippen molar-refractivity contribution >= 4 is 17.6 Å². The highest BCUT2D eigenvalue weighted by Crippen LogP contribution is 2.31. The molecule has 1 amide bonds. The number of halogens is 3. The van der Waals surface area contributed by atoms with Crippen LogP contribution in [-0.4, -0.2) is 56.0 Å². The van der Waals surface area contributed by atoms with Crippen LogP contribution in [0.1, 0.15) is 0 Å². The van der Waals surface area contributed by atoms with Crippen LogP contribution in [0.2, 0.25) is 0 Å². The highest BCUT2D eigenvalue weighted by atomic mass is 19.4. The summed E-state index contributed by atoms with van der Waals surface area (Å²) in [5, 5.41) is 16.4. The number of carbonyl (C=O) groups excluding carboxylic acids is 1. The first-order valence-electron chi connectivity index (χ1n) is 8.54. The van der Waals surface area contributed by atoms with E-state index in [4.69, 9.17) is 19.4 Å². The summed E-state index contributed by atoms with van der Waals surface area (Å²) < 4.78 is 42.9. The molecule has 0 radical (unpaired) electrons. The van der Waals surface area contributed by atoms with Crippen LogP contribution < -0.4 is 14.8 Å². The Morgan fingerprint density at radius 3 is 2.35 bits per heavy atom. The second-order valence-corrected chi connectivity index (χ2v) is 5.94. The Hall–Kier alpha value is -4.16. The smallest absolute Gasteiger partial charge is 0.485 e. The van der Waals surface area contributed by atoms with Crippen LogP contribution in [0.4, 0.5) is 18.9 Å². The zero-order valence-electron chi connectivity index (χ0n) is 15.5. The van der Waals surface area contributed by atoms with Crippen LogP contribution in [0.15, 0.2) is 49.1 Å². The normalized spacial score (nSPS) is 14.7. The SMILES string of the molecule is O=C(Nc1cnc(-c2cn[nH]c2)nc1)C1COc2ccccc2O1.O=C(O)C(F)(F)F. The summed E-state index contributed by atoms with van der Waals surface area (Å²) in [6.45, 7) is 0.150. The van der Waals surface area contributed by atoms with Crippen LogP contribution in [0.5, 0.6) is 11.5 Å². The lowest BCUT2D eigenvalue weighted by molar-refractivity contribution is -0.192. The molecule has 1 unspecified atom stereocenters. The molecule has 3 aromatic rings.